The largest absolute Gasteiger partial charge is 0.497 e. The molecule has 21 heavy (non-hydrogen) atoms. The van der Waals surface area contributed by atoms with Gasteiger partial charge < -0.3 is 4.74 Å². The van der Waals surface area contributed by atoms with Crippen LogP contribution in [0.2, 0.25) is 0 Å². The number of rotatable bonds is 4. The second kappa shape index (κ2) is 6.25. The number of pyridine rings is 1. The summed E-state index contributed by atoms with van der Waals surface area (Å²) in [5.74, 6) is 0.956. The molecule has 2 rings (SSSR count). The maximum atomic E-state index is 12.4. The summed E-state index contributed by atoms with van der Waals surface area (Å²) in [6.45, 7) is 0. The van der Waals surface area contributed by atoms with E-state index in [-0.39, 0.29) is 5.82 Å². The Labute approximate surface area is 119 Å². The van der Waals surface area contributed by atoms with Gasteiger partial charge in [0.25, 0.3) is 0 Å². The van der Waals surface area contributed by atoms with E-state index in [0.717, 1.165) is 23.6 Å². The first-order valence-electron chi connectivity index (χ1n) is 5.95. The standard InChI is InChI=1S/C14H12F3N3O/c1-21-12-5-2-10(3-6-12)8-19-20-13-7-4-11(9-18-13)14(15,16)17/h2-9H,1H3,(H,18,20). The van der Waals surface area contributed by atoms with E-state index in [0.29, 0.717) is 0 Å². The molecule has 1 N–H and O–H groups in total. The molecule has 0 fully saturated rings. The van der Waals surface area contributed by atoms with Crippen LogP contribution in [-0.2, 0) is 6.18 Å². The van der Waals surface area contributed by atoms with Crippen LogP contribution in [0.3, 0.4) is 0 Å². The van der Waals surface area contributed by atoms with Crippen molar-refractivity contribution in [1.82, 2.24) is 4.98 Å². The molecule has 1 aromatic heterocycles. The Hall–Kier alpha value is -2.57. The van der Waals surface area contributed by atoms with Crippen LogP contribution in [-0.4, -0.2) is 18.3 Å². The fraction of sp³-hybridized carbons (Fsp3) is 0.143. The van der Waals surface area contributed by atoms with Crippen molar-refractivity contribution in [3.63, 3.8) is 0 Å². The summed E-state index contributed by atoms with van der Waals surface area (Å²) in [6.07, 6.45) is -2.11. The Balaban J connectivity index is 1.97. The fourth-order valence-corrected chi connectivity index (χ4v) is 1.49. The van der Waals surface area contributed by atoms with Crippen molar-refractivity contribution < 1.29 is 17.9 Å². The molecule has 0 amide bonds. The maximum absolute atomic E-state index is 12.4. The number of nitrogens with one attached hydrogen (secondary N) is 1. The molecule has 0 aliphatic heterocycles. The monoisotopic (exact) mass is 295 g/mol. The van der Waals surface area contributed by atoms with Crippen LogP contribution < -0.4 is 10.2 Å². The molecule has 0 aliphatic rings. The van der Waals surface area contributed by atoms with Gasteiger partial charge >= 0.3 is 6.18 Å². The number of anilines is 1. The highest BCUT2D eigenvalue weighted by atomic mass is 19.4. The topological polar surface area (TPSA) is 46.5 Å². The van der Waals surface area contributed by atoms with Gasteiger partial charge in [0.2, 0.25) is 0 Å². The molecule has 0 bridgehead atoms. The molecule has 4 nitrogen and oxygen atoms in total. The van der Waals surface area contributed by atoms with Crippen molar-refractivity contribution in [3.8, 4) is 5.75 Å². The van der Waals surface area contributed by atoms with E-state index in [1.807, 2.05) is 0 Å². The number of halogens is 3. The summed E-state index contributed by atoms with van der Waals surface area (Å²) < 4.78 is 42.1. The predicted octanol–water partition coefficient (Wildman–Crippen LogP) is 3.56. The van der Waals surface area contributed by atoms with Gasteiger partial charge in [-0.1, -0.05) is 0 Å². The van der Waals surface area contributed by atoms with Gasteiger partial charge in [0.15, 0.2) is 0 Å². The summed E-state index contributed by atoms with van der Waals surface area (Å²) in [4.78, 5) is 3.64. The number of aromatic nitrogens is 1. The van der Waals surface area contributed by atoms with E-state index < -0.39 is 11.7 Å². The zero-order valence-electron chi connectivity index (χ0n) is 11.1. The van der Waals surface area contributed by atoms with Gasteiger partial charge in [0.1, 0.15) is 11.6 Å². The van der Waals surface area contributed by atoms with Crippen LogP contribution in [0.5, 0.6) is 5.75 Å². The van der Waals surface area contributed by atoms with E-state index >= 15 is 0 Å². The molecule has 7 heteroatoms. The van der Waals surface area contributed by atoms with Crippen LogP contribution in [0.1, 0.15) is 11.1 Å². The van der Waals surface area contributed by atoms with Crippen LogP contribution in [0.15, 0.2) is 47.7 Å². The third kappa shape index (κ3) is 4.20. The lowest BCUT2D eigenvalue weighted by Gasteiger charge is -2.06. The first kappa shape index (κ1) is 14.8. The lowest BCUT2D eigenvalue weighted by Crippen LogP contribution is -2.05. The summed E-state index contributed by atoms with van der Waals surface area (Å²) in [5.41, 5.74) is 2.58. The lowest BCUT2D eigenvalue weighted by atomic mass is 10.2. The maximum Gasteiger partial charge on any atom is 0.417 e. The van der Waals surface area contributed by atoms with Gasteiger partial charge in [-0.05, 0) is 42.0 Å². The molecule has 0 atom stereocenters. The average Bonchev–Trinajstić information content (AvgIpc) is 2.47. The molecule has 0 saturated carbocycles. The molecule has 0 spiro atoms. The Bertz CT molecular complexity index is 607. The summed E-state index contributed by atoms with van der Waals surface area (Å²) in [7, 11) is 1.57. The van der Waals surface area contributed by atoms with Gasteiger partial charge in [0.05, 0.1) is 18.9 Å². The predicted molar refractivity (Wildman–Crippen MR) is 73.4 cm³/mol. The second-order valence-electron chi connectivity index (χ2n) is 4.07. The SMILES string of the molecule is COc1ccc(C=NNc2ccc(C(F)(F)F)cn2)cc1. The summed E-state index contributed by atoms with van der Waals surface area (Å²) >= 11 is 0. The van der Waals surface area contributed by atoms with Crippen LogP contribution in [0, 0.1) is 0 Å². The minimum atomic E-state index is -4.39. The Morgan fingerprint density at radius 2 is 1.86 bits per heavy atom. The second-order valence-corrected chi connectivity index (χ2v) is 4.07. The average molecular weight is 295 g/mol. The van der Waals surface area contributed by atoms with Gasteiger partial charge in [-0.15, -0.1) is 0 Å². The van der Waals surface area contributed by atoms with E-state index in [2.05, 4.69) is 15.5 Å². The van der Waals surface area contributed by atoms with E-state index in [9.17, 15) is 13.2 Å². The Kier molecular flexibility index (Phi) is 4.42. The number of benzene rings is 1. The fourth-order valence-electron chi connectivity index (χ4n) is 1.49. The third-order valence-electron chi connectivity index (χ3n) is 2.60. The van der Waals surface area contributed by atoms with Crippen molar-refractivity contribution in [2.75, 3.05) is 12.5 Å². The minimum absolute atomic E-state index is 0.229. The van der Waals surface area contributed by atoms with Gasteiger partial charge in [-0.2, -0.15) is 18.3 Å². The van der Waals surface area contributed by atoms with Crippen molar-refractivity contribution in [1.29, 1.82) is 0 Å². The Morgan fingerprint density at radius 3 is 2.38 bits per heavy atom. The van der Waals surface area contributed by atoms with Crippen molar-refractivity contribution in [2.24, 2.45) is 5.10 Å². The number of ether oxygens (including phenoxy) is 1. The molecule has 0 radical (unpaired) electrons. The molecule has 1 heterocycles. The van der Waals surface area contributed by atoms with E-state index in [4.69, 9.17) is 4.74 Å². The first-order chi connectivity index (χ1) is 9.99. The zero-order chi connectivity index (χ0) is 15.3. The number of hydrogen-bond acceptors (Lipinski definition) is 4. The van der Waals surface area contributed by atoms with Gasteiger partial charge in [-0.25, -0.2) is 4.98 Å². The van der Waals surface area contributed by atoms with Crippen molar-refractivity contribution in [2.45, 2.75) is 6.18 Å². The molecule has 2 aromatic rings. The number of nitrogens with zero attached hydrogens (tertiary/aromatic N) is 2. The smallest absolute Gasteiger partial charge is 0.417 e. The number of methoxy groups -OCH3 is 1. The number of alkyl halides is 3. The highest BCUT2D eigenvalue weighted by molar-refractivity contribution is 5.80. The molecule has 0 saturated heterocycles. The quantitative estimate of drug-likeness (QED) is 0.693. The lowest BCUT2D eigenvalue weighted by molar-refractivity contribution is -0.137. The van der Waals surface area contributed by atoms with E-state index in [1.54, 1.807) is 31.4 Å². The minimum Gasteiger partial charge on any atom is -0.497 e. The molecular formula is C14H12F3N3O. The molecule has 0 aliphatic carbocycles. The van der Waals surface area contributed by atoms with Crippen LogP contribution in [0.25, 0.3) is 0 Å². The summed E-state index contributed by atoms with van der Waals surface area (Å²) in [6, 6.07) is 9.30. The van der Waals surface area contributed by atoms with Gasteiger partial charge in [0, 0.05) is 6.20 Å². The molecule has 110 valence electrons. The number of hydrogen-bond donors (Lipinski definition) is 1. The highest BCUT2D eigenvalue weighted by Crippen LogP contribution is 2.28. The zero-order valence-corrected chi connectivity index (χ0v) is 11.1. The van der Waals surface area contributed by atoms with Gasteiger partial charge in [-0.3, -0.25) is 5.43 Å². The molecule has 1 aromatic carbocycles. The van der Waals surface area contributed by atoms with E-state index in [1.165, 1.54) is 12.3 Å². The van der Waals surface area contributed by atoms with Crippen LogP contribution >= 0.6 is 0 Å². The first-order valence-corrected chi connectivity index (χ1v) is 5.95. The third-order valence-corrected chi connectivity index (χ3v) is 2.60. The highest BCUT2D eigenvalue weighted by Gasteiger charge is 2.30. The van der Waals surface area contributed by atoms with Crippen LogP contribution in [0.4, 0.5) is 19.0 Å². The molecule has 0 unspecified atom stereocenters. The number of hydrazone groups is 1. The summed E-state index contributed by atoms with van der Waals surface area (Å²) in [5, 5.41) is 3.90. The van der Waals surface area contributed by atoms with Crippen molar-refractivity contribution >= 4 is 12.0 Å². The Morgan fingerprint density at radius 1 is 1.14 bits per heavy atom. The molecular weight excluding hydrogens is 283 g/mol. The normalized spacial score (nSPS) is 11.6. The van der Waals surface area contributed by atoms with Crippen molar-refractivity contribution in [3.05, 3.63) is 53.7 Å².